The molecule has 1 atom stereocenters. The molecule has 2 aliphatic heterocycles. The van der Waals surface area contributed by atoms with Crippen molar-refractivity contribution in [1.82, 2.24) is 10.2 Å². The third-order valence-corrected chi connectivity index (χ3v) is 4.90. The van der Waals surface area contributed by atoms with E-state index in [1.165, 1.54) is 6.07 Å². The van der Waals surface area contributed by atoms with Gasteiger partial charge in [-0.2, -0.15) is 13.2 Å². The standard InChI is InChI=1S/C17H22F4N2O/c18-15-11-13(1-2-14(15)17(19,20)21)16(12-3-9-24-10-4-12)23-7-5-22-6-8-23/h1-2,11-12,16,22H,3-10H2/t16-/m1/s1. The molecule has 0 spiro atoms. The lowest BCUT2D eigenvalue weighted by Gasteiger charge is -2.41. The predicted molar refractivity (Wildman–Crippen MR) is 82.1 cm³/mol. The van der Waals surface area contributed by atoms with Crippen LogP contribution in [0.1, 0.15) is 30.0 Å². The summed E-state index contributed by atoms with van der Waals surface area (Å²) in [6.45, 7) is 4.59. The Morgan fingerprint density at radius 2 is 1.79 bits per heavy atom. The molecule has 2 aliphatic rings. The number of nitrogens with zero attached hydrogens (tertiary/aromatic N) is 1. The van der Waals surface area contributed by atoms with Crippen LogP contribution in [0.3, 0.4) is 0 Å². The van der Waals surface area contributed by atoms with Crippen molar-refractivity contribution in [3.63, 3.8) is 0 Å². The third kappa shape index (κ3) is 3.90. The van der Waals surface area contributed by atoms with Crippen molar-refractivity contribution in [3.8, 4) is 0 Å². The maximum atomic E-state index is 14.1. The summed E-state index contributed by atoms with van der Waals surface area (Å²) in [5.41, 5.74) is -0.563. The highest BCUT2D eigenvalue weighted by Crippen LogP contribution is 2.38. The first-order chi connectivity index (χ1) is 11.5. The van der Waals surface area contributed by atoms with E-state index in [4.69, 9.17) is 4.74 Å². The molecule has 1 aromatic carbocycles. The van der Waals surface area contributed by atoms with Crippen LogP contribution in [-0.4, -0.2) is 44.3 Å². The van der Waals surface area contributed by atoms with Gasteiger partial charge < -0.3 is 10.1 Å². The Morgan fingerprint density at radius 3 is 2.38 bits per heavy atom. The van der Waals surface area contributed by atoms with Gasteiger partial charge in [0.2, 0.25) is 0 Å². The van der Waals surface area contributed by atoms with Gasteiger partial charge >= 0.3 is 6.18 Å². The van der Waals surface area contributed by atoms with Crippen molar-refractivity contribution in [3.05, 3.63) is 35.1 Å². The Labute approximate surface area is 139 Å². The molecule has 24 heavy (non-hydrogen) atoms. The summed E-state index contributed by atoms with van der Waals surface area (Å²) in [7, 11) is 0. The predicted octanol–water partition coefficient (Wildman–Crippen LogP) is 3.22. The zero-order chi connectivity index (χ0) is 17.2. The van der Waals surface area contributed by atoms with E-state index in [-0.39, 0.29) is 12.0 Å². The van der Waals surface area contributed by atoms with Gasteiger partial charge in [-0.15, -0.1) is 0 Å². The van der Waals surface area contributed by atoms with Crippen LogP contribution in [-0.2, 0) is 10.9 Å². The number of alkyl halides is 3. The number of halogens is 4. The molecule has 2 fully saturated rings. The van der Waals surface area contributed by atoms with Crippen LogP contribution in [0.5, 0.6) is 0 Å². The van der Waals surface area contributed by atoms with Crippen molar-refractivity contribution in [2.45, 2.75) is 25.1 Å². The van der Waals surface area contributed by atoms with Crippen molar-refractivity contribution in [1.29, 1.82) is 0 Å². The summed E-state index contributed by atoms with van der Waals surface area (Å²) in [5.74, 6) is -0.916. The number of hydrogen-bond acceptors (Lipinski definition) is 3. The number of benzene rings is 1. The van der Waals surface area contributed by atoms with E-state index in [1.807, 2.05) is 0 Å². The van der Waals surface area contributed by atoms with E-state index < -0.39 is 17.6 Å². The molecular formula is C17H22F4N2O. The first-order valence-electron chi connectivity index (χ1n) is 8.36. The number of rotatable bonds is 3. The molecule has 2 heterocycles. The van der Waals surface area contributed by atoms with Crippen LogP contribution < -0.4 is 5.32 Å². The Morgan fingerprint density at radius 1 is 1.12 bits per heavy atom. The van der Waals surface area contributed by atoms with Gasteiger partial charge in [0.1, 0.15) is 5.82 Å². The van der Waals surface area contributed by atoms with Gasteiger partial charge in [0, 0.05) is 45.4 Å². The average Bonchev–Trinajstić information content (AvgIpc) is 2.56. The molecule has 0 aromatic heterocycles. The highest BCUT2D eigenvalue weighted by atomic mass is 19.4. The molecule has 0 bridgehead atoms. The van der Waals surface area contributed by atoms with Gasteiger partial charge in [-0.25, -0.2) is 4.39 Å². The summed E-state index contributed by atoms with van der Waals surface area (Å²) in [5, 5.41) is 3.28. The number of piperazine rings is 1. The Hall–Kier alpha value is -1.18. The van der Waals surface area contributed by atoms with Crippen LogP contribution in [0.2, 0.25) is 0 Å². The second-order valence-electron chi connectivity index (χ2n) is 6.42. The van der Waals surface area contributed by atoms with E-state index in [1.54, 1.807) is 0 Å². The minimum atomic E-state index is -4.66. The molecular weight excluding hydrogens is 324 g/mol. The molecule has 0 aliphatic carbocycles. The fourth-order valence-corrected chi connectivity index (χ4v) is 3.72. The van der Waals surface area contributed by atoms with E-state index in [0.29, 0.717) is 18.8 Å². The largest absolute Gasteiger partial charge is 0.419 e. The normalized spacial score (nSPS) is 22.5. The minimum absolute atomic E-state index is 0.0622. The molecule has 0 unspecified atom stereocenters. The highest BCUT2D eigenvalue weighted by Gasteiger charge is 2.36. The van der Waals surface area contributed by atoms with Gasteiger partial charge in [-0.05, 0) is 36.5 Å². The maximum absolute atomic E-state index is 14.1. The van der Waals surface area contributed by atoms with Gasteiger partial charge in [0.15, 0.2) is 0 Å². The number of hydrogen-bond donors (Lipinski definition) is 1. The van der Waals surface area contributed by atoms with Gasteiger partial charge in [-0.3, -0.25) is 4.90 Å². The van der Waals surface area contributed by atoms with E-state index >= 15 is 0 Å². The minimum Gasteiger partial charge on any atom is -0.381 e. The van der Waals surface area contributed by atoms with Crippen LogP contribution in [0.4, 0.5) is 17.6 Å². The first kappa shape index (κ1) is 17.6. The lowest BCUT2D eigenvalue weighted by molar-refractivity contribution is -0.140. The summed E-state index contributed by atoms with van der Waals surface area (Å²) >= 11 is 0. The fourth-order valence-electron chi connectivity index (χ4n) is 3.72. The summed E-state index contributed by atoms with van der Waals surface area (Å²) in [6, 6.07) is 3.32. The molecule has 1 N–H and O–H groups in total. The molecule has 0 radical (unpaired) electrons. The number of ether oxygens (including phenoxy) is 1. The van der Waals surface area contributed by atoms with E-state index in [2.05, 4.69) is 10.2 Å². The van der Waals surface area contributed by atoms with Crippen molar-refractivity contribution in [2.75, 3.05) is 39.4 Å². The van der Waals surface area contributed by atoms with Crippen LogP contribution in [0.15, 0.2) is 18.2 Å². The molecule has 7 heteroatoms. The van der Waals surface area contributed by atoms with E-state index in [0.717, 1.165) is 51.2 Å². The van der Waals surface area contributed by atoms with Gasteiger partial charge in [0.05, 0.1) is 5.56 Å². The smallest absolute Gasteiger partial charge is 0.381 e. The van der Waals surface area contributed by atoms with E-state index in [9.17, 15) is 17.6 Å². The zero-order valence-corrected chi connectivity index (χ0v) is 13.4. The zero-order valence-electron chi connectivity index (χ0n) is 13.4. The van der Waals surface area contributed by atoms with Gasteiger partial charge in [-0.1, -0.05) is 6.07 Å². The van der Waals surface area contributed by atoms with Crippen molar-refractivity contribution < 1.29 is 22.3 Å². The average molecular weight is 346 g/mol. The Balaban J connectivity index is 1.90. The molecule has 134 valence electrons. The first-order valence-corrected chi connectivity index (χ1v) is 8.36. The quantitative estimate of drug-likeness (QED) is 0.851. The van der Waals surface area contributed by atoms with Crippen LogP contribution in [0, 0.1) is 11.7 Å². The molecule has 1 aromatic rings. The number of nitrogens with one attached hydrogen (secondary N) is 1. The second-order valence-corrected chi connectivity index (χ2v) is 6.42. The molecule has 0 amide bonds. The summed E-state index contributed by atoms with van der Waals surface area (Å²) in [4.78, 5) is 2.26. The van der Waals surface area contributed by atoms with Crippen molar-refractivity contribution in [2.24, 2.45) is 5.92 Å². The third-order valence-electron chi connectivity index (χ3n) is 4.90. The van der Waals surface area contributed by atoms with Crippen LogP contribution in [0.25, 0.3) is 0 Å². The molecule has 3 rings (SSSR count). The SMILES string of the molecule is Fc1cc([C@@H](C2CCOCC2)N2CCNCC2)ccc1C(F)(F)F. The fraction of sp³-hybridized carbons (Fsp3) is 0.647. The topological polar surface area (TPSA) is 24.5 Å². The van der Waals surface area contributed by atoms with Crippen molar-refractivity contribution >= 4 is 0 Å². The maximum Gasteiger partial charge on any atom is 0.419 e. The monoisotopic (exact) mass is 346 g/mol. The lowest BCUT2D eigenvalue weighted by atomic mass is 9.85. The highest BCUT2D eigenvalue weighted by molar-refractivity contribution is 5.29. The Kier molecular flexibility index (Phi) is 5.42. The van der Waals surface area contributed by atoms with Crippen LogP contribution >= 0.6 is 0 Å². The molecule has 2 saturated heterocycles. The second kappa shape index (κ2) is 7.37. The van der Waals surface area contributed by atoms with Gasteiger partial charge in [0.25, 0.3) is 0 Å². The Bertz CT molecular complexity index is 534. The summed E-state index contributed by atoms with van der Waals surface area (Å²) < 4.78 is 57.9. The molecule has 0 saturated carbocycles. The summed E-state index contributed by atoms with van der Waals surface area (Å²) in [6.07, 6.45) is -2.97. The lowest BCUT2D eigenvalue weighted by Crippen LogP contribution is -2.47. The molecule has 3 nitrogen and oxygen atoms in total.